The monoisotopic (exact) mass is 301 g/mol. The first kappa shape index (κ1) is 14.2. The Hall–Kier alpha value is -0.910. The second kappa shape index (κ2) is 7.42. The number of nitrogens with one attached hydrogen (secondary N) is 1. The zero-order chi connectivity index (χ0) is 12.7. The van der Waals surface area contributed by atoms with Crippen LogP contribution in [-0.2, 0) is 9.53 Å². The number of hydrogen-bond acceptors (Lipinski definition) is 4. The van der Waals surface area contributed by atoms with Crippen LogP contribution in [0, 0.1) is 0 Å². The van der Waals surface area contributed by atoms with Gasteiger partial charge in [0.05, 0.1) is 19.8 Å². The molecule has 0 radical (unpaired) electrons. The summed E-state index contributed by atoms with van der Waals surface area (Å²) in [5.74, 6) is -0.331. The number of aliphatic hydroxyl groups excluding tert-OH is 1. The molecule has 0 saturated heterocycles. The van der Waals surface area contributed by atoms with E-state index < -0.39 is 4.83 Å². The highest BCUT2D eigenvalue weighted by molar-refractivity contribution is 9.10. The average Bonchev–Trinajstić information content (AvgIpc) is 2.39. The number of alkyl halides is 1. The molecule has 1 aromatic carbocycles. The van der Waals surface area contributed by atoms with Crippen molar-refractivity contribution in [2.24, 2.45) is 0 Å². The zero-order valence-corrected chi connectivity index (χ0v) is 11.2. The van der Waals surface area contributed by atoms with Crippen LogP contribution >= 0.6 is 15.9 Å². The lowest BCUT2D eigenvalue weighted by atomic mass is 10.1. The minimum Gasteiger partial charge on any atom is -0.468 e. The van der Waals surface area contributed by atoms with Crippen LogP contribution in [0.1, 0.15) is 11.6 Å². The maximum Gasteiger partial charge on any atom is 0.320 e. The number of aliphatic hydroxyl groups is 1. The van der Waals surface area contributed by atoms with Crippen LogP contribution < -0.4 is 5.32 Å². The molecule has 2 unspecified atom stereocenters. The summed E-state index contributed by atoms with van der Waals surface area (Å²) >= 11 is 3.22. The fraction of sp³-hybridized carbons (Fsp3) is 0.417. The number of carbonyl (C=O) groups excluding carboxylic acids is 1. The van der Waals surface area contributed by atoms with Crippen molar-refractivity contribution >= 4 is 21.9 Å². The summed E-state index contributed by atoms with van der Waals surface area (Å²) in [7, 11) is 1.34. The van der Waals surface area contributed by atoms with Crippen LogP contribution in [0.3, 0.4) is 0 Å². The van der Waals surface area contributed by atoms with Gasteiger partial charge in [-0.3, -0.25) is 4.79 Å². The molecule has 1 aromatic rings. The highest BCUT2D eigenvalue weighted by Crippen LogP contribution is 2.12. The number of methoxy groups -OCH3 is 1. The fourth-order valence-corrected chi connectivity index (χ4v) is 1.80. The van der Waals surface area contributed by atoms with Crippen LogP contribution in [-0.4, -0.2) is 36.2 Å². The molecule has 5 heteroatoms. The van der Waals surface area contributed by atoms with Crippen LogP contribution in [0.5, 0.6) is 0 Å². The molecular formula is C12H16BrNO3. The first-order chi connectivity index (χ1) is 8.19. The Morgan fingerprint density at radius 2 is 2.12 bits per heavy atom. The molecule has 0 saturated carbocycles. The molecule has 0 aliphatic heterocycles. The molecule has 0 amide bonds. The van der Waals surface area contributed by atoms with Crippen molar-refractivity contribution in [3.63, 3.8) is 0 Å². The molecule has 0 aromatic heterocycles. The molecule has 0 aliphatic rings. The minimum atomic E-state index is -0.412. The molecule has 17 heavy (non-hydrogen) atoms. The predicted octanol–water partition coefficient (Wildman–Crippen LogP) is 1.25. The largest absolute Gasteiger partial charge is 0.468 e. The summed E-state index contributed by atoms with van der Waals surface area (Å²) in [6.07, 6.45) is 0. The van der Waals surface area contributed by atoms with Crippen LogP contribution in [0.15, 0.2) is 30.3 Å². The molecule has 0 spiro atoms. The lowest BCUT2D eigenvalue weighted by molar-refractivity contribution is -0.139. The van der Waals surface area contributed by atoms with Gasteiger partial charge in [-0.2, -0.15) is 0 Å². The summed E-state index contributed by atoms with van der Waals surface area (Å²) in [6, 6.07) is 9.41. The first-order valence-corrected chi connectivity index (χ1v) is 6.21. The van der Waals surface area contributed by atoms with E-state index in [0.29, 0.717) is 6.54 Å². The number of carbonyl (C=O) groups is 1. The average molecular weight is 302 g/mol. The number of rotatable bonds is 6. The number of ether oxygens (including phenoxy) is 1. The van der Waals surface area contributed by atoms with E-state index in [1.54, 1.807) is 0 Å². The number of hydrogen-bond donors (Lipinski definition) is 2. The van der Waals surface area contributed by atoms with Gasteiger partial charge < -0.3 is 15.2 Å². The second-order valence-electron chi connectivity index (χ2n) is 3.54. The summed E-state index contributed by atoms with van der Waals surface area (Å²) in [4.78, 5) is 10.8. The minimum absolute atomic E-state index is 0.0229. The molecule has 94 valence electrons. The van der Waals surface area contributed by atoms with Crippen molar-refractivity contribution in [3.8, 4) is 0 Å². The quantitative estimate of drug-likeness (QED) is 0.613. The van der Waals surface area contributed by atoms with Gasteiger partial charge in [0.15, 0.2) is 0 Å². The van der Waals surface area contributed by atoms with Gasteiger partial charge in [0.1, 0.15) is 4.83 Å². The maximum absolute atomic E-state index is 11.2. The molecule has 0 aliphatic carbocycles. The molecule has 0 bridgehead atoms. The van der Waals surface area contributed by atoms with Gasteiger partial charge in [0.25, 0.3) is 0 Å². The van der Waals surface area contributed by atoms with Gasteiger partial charge in [0, 0.05) is 6.54 Å². The number of benzene rings is 1. The number of halogens is 1. The Labute approximate surface area is 109 Å². The molecule has 1 rings (SSSR count). The van der Waals surface area contributed by atoms with Crippen molar-refractivity contribution in [3.05, 3.63) is 35.9 Å². The van der Waals surface area contributed by atoms with Crippen LogP contribution in [0.2, 0.25) is 0 Å². The van der Waals surface area contributed by atoms with Gasteiger partial charge in [-0.15, -0.1) is 0 Å². The summed E-state index contributed by atoms with van der Waals surface area (Å²) in [5, 5.41) is 12.4. The normalized spacial score (nSPS) is 14.1. The van der Waals surface area contributed by atoms with Gasteiger partial charge in [0.2, 0.25) is 0 Å². The second-order valence-corrected chi connectivity index (χ2v) is 4.65. The topological polar surface area (TPSA) is 58.6 Å². The molecule has 2 N–H and O–H groups in total. The van der Waals surface area contributed by atoms with Gasteiger partial charge in [-0.05, 0) is 5.56 Å². The van der Waals surface area contributed by atoms with Gasteiger partial charge in [-0.1, -0.05) is 46.3 Å². The van der Waals surface area contributed by atoms with E-state index in [-0.39, 0.29) is 18.6 Å². The summed E-state index contributed by atoms with van der Waals surface area (Å²) < 4.78 is 4.60. The van der Waals surface area contributed by atoms with E-state index in [2.05, 4.69) is 26.0 Å². The van der Waals surface area contributed by atoms with Crippen LogP contribution in [0.4, 0.5) is 0 Å². The van der Waals surface area contributed by atoms with E-state index >= 15 is 0 Å². The van der Waals surface area contributed by atoms with E-state index in [1.807, 2.05) is 30.3 Å². The third-order valence-electron chi connectivity index (χ3n) is 2.38. The molecule has 2 atom stereocenters. The van der Waals surface area contributed by atoms with E-state index in [0.717, 1.165) is 5.56 Å². The Morgan fingerprint density at radius 3 is 2.65 bits per heavy atom. The third-order valence-corrected chi connectivity index (χ3v) is 3.08. The third kappa shape index (κ3) is 4.46. The predicted molar refractivity (Wildman–Crippen MR) is 69.0 cm³/mol. The van der Waals surface area contributed by atoms with E-state index in [4.69, 9.17) is 0 Å². The van der Waals surface area contributed by atoms with Crippen molar-refractivity contribution in [2.75, 3.05) is 20.3 Å². The Kier molecular flexibility index (Phi) is 6.18. The summed E-state index contributed by atoms with van der Waals surface area (Å²) in [6.45, 7) is 0.373. The molecule has 0 fully saturated rings. The van der Waals surface area contributed by atoms with Gasteiger partial charge >= 0.3 is 5.97 Å². The summed E-state index contributed by atoms with van der Waals surface area (Å²) in [5.41, 5.74) is 0.986. The Balaban J connectivity index is 2.51. The highest BCUT2D eigenvalue weighted by atomic mass is 79.9. The van der Waals surface area contributed by atoms with Crippen LogP contribution in [0.25, 0.3) is 0 Å². The van der Waals surface area contributed by atoms with E-state index in [1.165, 1.54) is 7.11 Å². The van der Waals surface area contributed by atoms with E-state index in [9.17, 15) is 9.90 Å². The van der Waals surface area contributed by atoms with Crippen molar-refractivity contribution < 1.29 is 14.6 Å². The Bertz CT molecular complexity index is 345. The molecule has 4 nitrogen and oxygen atoms in total. The van der Waals surface area contributed by atoms with Crippen molar-refractivity contribution in [1.29, 1.82) is 0 Å². The highest BCUT2D eigenvalue weighted by Gasteiger charge is 2.17. The SMILES string of the molecule is COC(=O)C(Br)CNC(CO)c1ccccc1. The Morgan fingerprint density at radius 1 is 1.47 bits per heavy atom. The van der Waals surface area contributed by atoms with Crippen molar-refractivity contribution in [2.45, 2.75) is 10.9 Å². The standard InChI is InChI=1S/C12H16BrNO3/c1-17-12(16)10(13)7-14-11(8-15)9-5-3-2-4-6-9/h2-6,10-11,14-15H,7-8H2,1H3. The molecule has 0 heterocycles. The van der Waals surface area contributed by atoms with Gasteiger partial charge in [-0.25, -0.2) is 0 Å². The zero-order valence-electron chi connectivity index (χ0n) is 9.60. The maximum atomic E-state index is 11.2. The lowest BCUT2D eigenvalue weighted by Crippen LogP contribution is -2.33. The number of esters is 1. The smallest absolute Gasteiger partial charge is 0.320 e. The molecular weight excluding hydrogens is 286 g/mol. The fourth-order valence-electron chi connectivity index (χ4n) is 1.43. The first-order valence-electron chi connectivity index (χ1n) is 5.30. The lowest BCUT2D eigenvalue weighted by Gasteiger charge is -2.18. The van der Waals surface area contributed by atoms with Crippen molar-refractivity contribution in [1.82, 2.24) is 5.32 Å².